The largest absolute Gasteiger partial charge is 0.351 e. The van der Waals surface area contributed by atoms with Crippen molar-refractivity contribution in [3.63, 3.8) is 0 Å². The van der Waals surface area contributed by atoms with Gasteiger partial charge in [0.2, 0.25) is 0 Å². The van der Waals surface area contributed by atoms with Gasteiger partial charge in [-0.05, 0) is 18.7 Å². The summed E-state index contributed by atoms with van der Waals surface area (Å²) in [6.45, 7) is 4.19. The number of carbonyl (C=O) groups is 1. The van der Waals surface area contributed by atoms with Crippen LogP contribution in [0, 0.1) is 0 Å². The lowest BCUT2D eigenvalue weighted by Gasteiger charge is -2.07. The van der Waals surface area contributed by atoms with E-state index in [1.807, 2.05) is 6.92 Å². The number of likely N-dealkylation sites (N-methyl/N-ethyl adjacent to an activating group) is 1. The van der Waals surface area contributed by atoms with Crippen molar-refractivity contribution in [2.24, 2.45) is 0 Å². The monoisotopic (exact) mass is 260 g/mol. The molecular weight excluding hydrogens is 247 g/mol. The number of nitrogens with one attached hydrogen (secondary N) is 2. The van der Waals surface area contributed by atoms with Crippen LogP contribution < -0.4 is 10.6 Å². The van der Waals surface area contributed by atoms with Crippen LogP contribution in [0.2, 0.25) is 10.0 Å². The van der Waals surface area contributed by atoms with Crippen molar-refractivity contribution in [3.8, 4) is 0 Å². The Kier molecular flexibility index (Phi) is 5.60. The van der Waals surface area contributed by atoms with Gasteiger partial charge < -0.3 is 10.6 Å². The predicted molar refractivity (Wildman–Crippen MR) is 67.3 cm³/mol. The number of benzene rings is 1. The standard InChI is InChI=1S/C11H14Cl2N2O/c1-2-14-6-7-15-11(16)8-4-3-5-9(12)10(8)13/h3-5,14H,2,6-7H2,1H3,(H,15,16). The Morgan fingerprint density at radius 2 is 2.06 bits per heavy atom. The SMILES string of the molecule is CCNCCNC(=O)c1cccc(Cl)c1Cl. The van der Waals surface area contributed by atoms with Gasteiger partial charge in [0, 0.05) is 13.1 Å². The Balaban J connectivity index is 2.56. The van der Waals surface area contributed by atoms with E-state index in [0.29, 0.717) is 22.2 Å². The fraction of sp³-hybridized carbons (Fsp3) is 0.364. The van der Waals surface area contributed by atoms with E-state index in [0.717, 1.165) is 13.1 Å². The maximum atomic E-state index is 11.7. The summed E-state index contributed by atoms with van der Waals surface area (Å²) in [6, 6.07) is 5.00. The molecule has 0 radical (unpaired) electrons. The van der Waals surface area contributed by atoms with Gasteiger partial charge in [0.25, 0.3) is 5.91 Å². The van der Waals surface area contributed by atoms with E-state index in [9.17, 15) is 4.79 Å². The maximum absolute atomic E-state index is 11.7. The first-order valence-electron chi connectivity index (χ1n) is 5.09. The summed E-state index contributed by atoms with van der Waals surface area (Å²) in [4.78, 5) is 11.7. The van der Waals surface area contributed by atoms with Crippen LogP contribution in [-0.4, -0.2) is 25.5 Å². The lowest BCUT2D eigenvalue weighted by molar-refractivity contribution is 0.0954. The first-order chi connectivity index (χ1) is 7.66. The van der Waals surface area contributed by atoms with Crippen molar-refractivity contribution in [1.29, 1.82) is 0 Å². The Morgan fingerprint density at radius 3 is 2.75 bits per heavy atom. The molecule has 1 aromatic rings. The molecule has 88 valence electrons. The second-order valence-corrected chi connectivity index (χ2v) is 4.00. The molecule has 0 bridgehead atoms. The second-order valence-electron chi connectivity index (χ2n) is 3.21. The molecule has 0 aliphatic carbocycles. The van der Waals surface area contributed by atoms with Crippen LogP contribution in [0.1, 0.15) is 17.3 Å². The van der Waals surface area contributed by atoms with Gasteiger partial charge in [0.1, 0.15) is 0 Å². The van der Waals surface area contributed by atoms with Gasteiger partial charge in [0.15, 0.2) is 0 Å². The average Bonchev–Trinajstić information content (AvgIpc) is 2.28. The summed E-state index contributed by atoms with van der Waals surface area (Å²) in [6.07, 6.45) is 0. The number of hydrogen-bond acceptors (Lipinski definition) is 2. The molecule has 16 heavy (non-hydrogen) atoms. The van der Waals surface area contributed by atoms with Gasteiger partial charge >= 0.3 is 0 Å². The van der Waals surface area contributed by atoms with Crippen LogP contribution in [0.25, 0.3) is 0 Å². The topological polar surface area (TPSA) is 41.1 Å². The molecule has 1 aromatic carbocycles. The Hall–Kier alpha value is -0.770. The third kappa shape index (κ3) is 3.67. The third-order valence-corrected chi connectivity index (χ3v) is 2.85. The average molecular weight is 261 g/mol. The fourth-order valence-electron chi connectivity index (χ4n) is 1.22. The molecule has 0 aliphatic heterocycles. The van der Waals surface area contributed by atoms with Crippen LogP contribution in [0.5, 0.6) is 0 Å². The number of carbonyl (C=O) groups excluding carboxylic acids is 1. The molecular formula is C11H14Cl2N2O. The first-order valence-corrected chi connectivity index (χ1v) is 5.85. The van der Waals surface area contributed by atoms with Crippen LogP contribution in [0.15, 0.2) is 18.2 Å². The highest BCUT2D eigenvalue weighted by Crippen LogP contribution is 2.25. The van der Waals surface area contributed by atoms with E-state index in [1.54, 1.807) is 18.2 Å². The summed E-state index contributed by atoms with van der Waals surface area (Å²) in [5.41, 5.74) is 0.408. The Labute approximate surface area is 105 Å². The minimum absolute atomic E-state index is 0.203. The Bertz CT molecular complexity index is 369. The van der Waals surface area contributed by atoms with Crippen LogP contribution >= 0.6 is 23.2 Å². The van der Waals surface area contributed by atoms with Crippen LogP contribution in [0.4, 0.5) is 0 Å². The number of halogens is 2. The van der Waals surface area contributed by atoms with Crippen molar-refractivity contribution in [3.05, 3.63) is 33.8 Å². The highest BCUT2D eigenvalue weighted by molar-refractivity contribution is 6.43. The van der Waals surface area contributed by atoms with Crippen LogP contribution in [0.3, 0.4) is 0 Å². The number of hydrogen-bond donors (Lipinski definition) is 2. The molecule has 0 saturated heterocycles. The van der Waals surface area contributed by atoms with Crippen molar-refractivity contribution in [2.45, 2.75) is 6.92 Å². The molecule has 0 unspecified atom stereocenters. The van der Waals surface area contributed by atoms with Crippen LogP contribution in [-0.2, 0) is 0 Å². The van der Waals surface area contributed by atoms with E-state index in [4.69, 9.17) is 23.2 Å². The summed E-state index contributed by atoms with van der Waals surface area (Å²) in [7, 11) is 0. The fourth-order valence-corrected chi connectivity index (χ4v) is 1.60. The molecule has 0 aromatic heterocycles. The molecule has 0 atom stereocenters. The highest BCUT2D eigenvalue weighted by atomic mass is 35.5. The van der Waals surface area contributed by atoms with E-state index < -0.39 is 0 Å². The second kappa shape index (κ2) is 6.74. The molecule has 2 N–H and O–H groups in total. The van der Waals surface area contributed by atoms with E-state index in [2.05, 4.69) is 10.6 Å². The minimum atomic E-state index is -0.203. The number of rotatable bonds is 5. The van der Waals surface area contributed by atoms with Crippen molar-refractivity contribution in [2.75, 3.05) is 19.6 Å². The third-order valence-electron chi connectivity index (χ3n) is 2.03. The van der Waals surface area contributed by atoms with Gasteiger partial charge in [-0.3, -0.25) is 4.79 Å². The molecule has 5 heteroatoms. The smallest absolute Gasteiger partial charge is 0.252 e. The molecule has 0 spiro atoms. The van der Waals surface area contributed by atoms with E-state index in [1.165, 1.54) is 0 Å². The van der Waals surface area contributed by atoms with Gasteiger partial charge in [-0.25, -0.2) is 0 Å². The zero-order valence-electron chi connectivity index (χ0n) is 9.02. The molecule has 0 heterocycles. The van der Waals surface area contributed by atoms with Crippen molar-refractivity contribution in [1.82, 2.24) is 10.6 Å². The molecule has 3 nitrogen and oxygen atoms in total. The van der Waals surface area contributed by atoms with Gasteiger partial charge in [-0.15, -0.1) is 0 Å². The summed E-state index contributed by atoms with van der Waals surface area (Å²) >= 11 is 11.7. The zero-order valence-corrected chi connectivity index (χ0v) is 10.5. The quantitative estimate of drug-likeness (QED) is 0.799. The Morgan fingerprint density at radius 1 is 1.31 bits per heavy atom. The molecule has 1 amide bonds. The lowest BCUT2D eigenvalue weighted by atomic mass is 10.2. The lowest BCUT2D eigenvalue weighted by Crippen LogP contribution is -2.31. The minimum Gasteiger partial charge on any atom is -0.351 e. The summed E-state index contributed by atoms with van der Waals surface area (Å²) in [5.74, 6) is -0.203. The predicted octanol–water partition coefficient (Wildman–Crippen LogP) is 2.33. The van der Waals surface area contributed by atoms with Gasteiger partial charge in [0.05, 0.1) is 15.6 Å². The van der Waals surface area contributed by atoms with E-state index in [-0.39, 0.29) is 5.91 Å². The molecule has 1 rings (SSSR count). The molecule has 0 saturated carbocycles. The van der Waals surface area contributed by atoms with Crippen molar-refractivity contribution >= 4 is 29.1 Å². The van der Waals surface area contributed by atoms with Crippen molar-refractivity contribution < 1.29 is 4.79 Å². The normalized spacial score (nSPS) is 10.2. The molecule has 0 aliphatic rings. The first kappa shape index (κ1) is 13.3. The highest BCUT2D eigenvalue weighted by Gasteiger charge is 2.11. The van der Waals surface area contributed by atoms with Gasteiger partial charge in [-0.2, -0.15) is 0 Å². The molecule has 0 fully saturated rings. The summed E-state index contributed by atoms with van der Waals surface area (Å²) < 4.78 is 0. The maximum Gasteiger partial charge on any atom is 0.252 e. The van der Waals surface area contributed by atoms with Gasteiger partial charge in [-0.1, -0.05) is 36.2 Å². The van der Waals surface area contributed by atoms with E-state index >= 15 is 0 Å². The number of amides is 1. The zero-order chi connectivity index (χ0) is 12.0. The summed E-state index contributed by atoms with van der Waals surface area (Å²) in [5, 5.41) is 6.55.